The second kappa shape index (κ2) is 7.87. The highest BCUT2D eigenvalue weighted by Gasteiger charge is 2.68. The molecular formula is C23H32O8. The molecule has 0 radical (unpaired) electrons. The van der Waals surface area contributed by atoms with E-state index in [1.54, 1.807) is 0 Å². The molecule has 8 atom stereocenters. The zero-order valence-electron chi connectivity index (χ0n) is 18.7. The minimum Gasteiger partial charge on any atom is -0.469 e. The van der Waals surface area contributed by atoms with Gasteiger partial charge in [0.25, 0.3) is 0 Å². The van der Waals surface area contributed by atoms with Gasteiger partial charge in [-0.2, -0.15) is 0 Å². The molecule has 2 aliphatic heterocycles. The van der Waals surface area contributed by atoms with E-state index in [1.165, 1.54) is 14.0 Å². The third kappa shape index (κ3) is 3.47. The minimum atomic E-state index is -1.01. The Morgan fingerprint density at radius 2 is 1.87 bits per heavy atom. The van der Waals surface area contributed by atoms with Crippen LogP contribution in [0.2, 0.25) is 0 Å². The third-order valence-electron chi connectivity index (χ3n) is 8.41. The molecule has 0 spiro atoms. The molecule has 2 saturated heterocycles. The van der Waals surface area contributed by atoms with Crippen molar-refractivity contribution in [3.63, 3.8) is 0 Å². The normalized spacial score (nSPS) is 44.6. The second-order valence-corrected chi connectivity index (χ2v) is 10.2. The van der Waals surface area contributed by atoms with Crippen LogP contribution in [-0.4, -0.2) is 56.2 Å². The molecule has 172 valence electrons. The molecule has 0 aromatic rings. The molecule has 0 bridgehead atoms. The van der Waals surface area contributed by atoms with E-state index in [9.17, 15) is 19.2 Å². The maximum absolute atomic E-state index is 13.7. The molecule has 2 unspecified atom stereocenters. The predicted octanol–water partition coefficient (Wildman–Crippen LogP) is 2.07. The number of ketones is 1. The fraction of sp³-hybridized carbons (Fsp3) is 0.826. The summed E-state index contributed by atoms with van der Waals surface area (Å²) in [6.45, 7) is 6.36. The van der Waals surface area contributed by atoms with Gasteiger partial charge >= 0.3 is 17.9 Å². The number of Topliss-reactive ketones (excluding diaryl/α,β-unsaturated/α-hetero) is 1. The van der Waals surface area contributed by atoms with E-state index in [4.69, 9.17) is 18.9 Å². The summed E-state index contributed by atoms with van der Waals surface area (Å²) in [5, 5.41) is 0. The van der Waals surface area contributed by atoms with E-state index in [1.807, 2.05) is 13.8 Å². The van der Waals surface area contributed by atoms with Gasteiger partial charge in [0.2, 0.25) is 0 Å². The van der Waals surface area contributed by atoms with Crippen LogP contribution in [0.3, 0.4) is 0 Å². The van der Waals surface area contributed by atoms with Crippen molar-refractivity contribution in [2.75, 3.05) is 20.3 Å². The van der Waals surface area contributed by atoms with Gasteiger partial charge in [-0.15, -0.1) is 0 Å². The van der Waals surface area contributed by atoms with E-state index < -0.39 is 46.6 Å². The summed E-state index contributed by atoms with van der Waals surface area (Å²) in [6, 6.07) is 0. The molecule has 0 amide bonds. The highest BCUT2D eigenvalue weighted by Crippen LogP contribution is 2.64. The van der Waals surface area contributed by atoms with Crippen LogP contribution in [0, 0.1) is 34.5 Å². The van der Waals surface area contributed by atoms with Crippen molar-refractivity contribution in [1.29, 1.82) is 0 Å². The largest absolute Gasteiger partial charge is 0.469 e. The van der Waals surface area contributed by atoms with Crippen molar-refractivity contribution in [1.82, 2.24) is 0 Å². The molecule has 8 nitrogen and oxygen atoms in total. The van der Waals surface area contributed by atoms with E-state index in [-0.39, 0.29) is 30.2 Å². The molecule has 8 heteroatoms. The van der Waals surface area contributed by atoms with E-state index in [0.717, 1.165) is 6.42 Å². The van der Waals surface area contributed by atoms with Crippen LogP contribution in [0.15, 0.2) is 0 Å². The lowest BCUT2D eigenvalue weighted by molar-refractivity contribution is -0.212. The number of fused-ring (bicyclic) bond motifs is 3. The Hall–Kier alpha value is -1.96. The molecule has 0 N–H and O–H groups in total. The highest BCUT2D eigenvalue weighted by atomic mass is 16.6. The lowest BCUT2D eigenvalue weighted by Crippen LogP contribution is -2.65. The lowest BCUT2D eigenvalue weighted by Gasteiger charge is -2.61. The maximum Gasteiger partial charge on any atom is 0.309 e. The van der Waals surface area contributed by atoms with Gasteiger partial charge < -0.3 is 18.9 Å². The third-order valence-corrected chi connectivity index (χ3v) is 8.41. The first-order valence-corrected chi connectivity index (χ1v) is 11.2. The van der Waals surface area contributed by atoms with Crippen LogP contribution in [0.5, 0.6) is 0 Å². The minimum absolute atomic E-state index is 0.106. The summed E-state index contributed by atoms with van der Waals surface area (Å²) in [6.07, 6.45) is 1.21. The number of cyclic esters (lactones) is 1. The summed E-state index contributed by atoms with van der Waals surface area (Å²) >= 11 is 0. The van der Waals surface area contributed by atoms with E-state index >= 15 is 0 Å². The second-order valence-electron chi connectivity index (χ2n) is 10.2. The molecule has 4 rings (SSSR count). The van der Waals surface area contributed by atoms with Crippen LogP contribution in [0.1, 0.15) is 52.9 Å². The SMILES string of the molecule is COC(=O)[C@@H]1C[C@H](OC(C)=O)C(=O)[C@H]2[C@@]1(C)CCC1C(=O)O[C@@H](C3CCOC3)C[C@@]12C. The summed E-state index contributed by atoms with van der Waals surface area (Å²) in [4.78, 5) is 51.3. The van der Waals surface area contributed by atoms with Crippen LogP contribution in [0.25, 0.3) is 0 Å². The fourth-order valence-corrected chi connectivity index (χ4v) is 6.97. The van der Waals surface area contributed by atoms with Crippen molar-refractivity contribution in [2.24, 2.45) is 34.5 Å². The standard InChI is InChI=1S/C23H32O8/c1-12(24)30-16-9-15(20(26)28-4)22(2)7-5-14-21(27)31-17(13-6-8-29-11-13)10-23(14,3)19(22)18(16)25/h13-17,19H,5-11H2,1-4H3/t13?,14?,15-,16-,17+,19-,22-,23-/m0/s1. The number of carbonyl (C=O) groups excluding carboxylic acids is 4. The summed E-state index contributed by atoms with van der Waals surface area (Å²) < 4.78 is 21.8. The first-order valence-electron chi connectivity index (χ1n) is 11.2. The van der Waals surface area contributed by atoms with Gasteiger partial charge in [-0.3, -0.25) is 19.2 Å². The molecule has 0 aromatic carbocycles. The molecule has 4 fully saturated rings. The van der Waals surface area contributed by atoms with Gasteiger partial charge in [0.15, 0.2) is 11.9 Å². The average molecular weight is 437 g/mol. The number of ether oxygens (including phenoxy) is 4. The topological polar surface area (TPSA) is 105 Å². The number of rotatable bonds is 3. The maximum atomic E-state index is 13.7. The van der Waals surface area contributed by atoms with Crippen LogP contribution >= 0.6 is 0 Å². The van der Waals surface area contributed by atoms with Gasteiger partial charge in [0.1, 0.15) is 6.10 Å². The number of hydrogen-bond donors (Lipinski definition) is 0. The molecular weight excluding hydrogens is 404 g/mol. The van der Waals surface area contributed by atoms with Crippen molar-refractivity contribution in [3.05, 3.63) is 0 Å². The number of methoxy groups -OCH3 is 1. The van der Waals surface area contributed by atoms with Crippen molar-refractivity contribution < 1.29 is 38.1 Å². The number of esters is 3. The molecule has 2 saturated carbocycles. The number of hydrogen-bond acceptors (Lipinski definition) is 8. The number of carbonyl (C=O) groups is 4. The molecule has 4 aliphatic rings. The van der Waals surface area contributed by atoms with Crippen LogP contribution in [-0.2, 0) is 38.1 Å². The Bertz CT molecular complexity index is 786. The fourth-order valence-electron chi connectivity index (χ4n) is 6.97. The Balaban J connectivity index is 1.76. The van der Waals surface area contributed by atoms with Gasteiger partial charge in [-0.25, -0.2) is 0 Å². The zero-order chi connectivity index (χ0) is 22.6. The van der Waals surface area contributed by atoms with Crippen LogP contribution in [0.4, 0.5) is 0 Å². The van der Waals surface area contributed by atoms with Crippen LogP contribution < -0.4 is 0 Å². The quantitative estimate of drug-likeness (QED) is 0.489. The van der Waals surface area contributed by atoms with E-state index in [0.29, 0.717) is 32.5 Å². The van der Waals surface area contributed by atoms with Gasteiger partial charge in [0, 0.05) is 31.8 Å². The first-order chi connectivity index (χ1) is 14.6. The zero-order valence-corrected chi connectivity index (χ0v) is 18.7. The Morgan fingerprint density at radius 3 is 2.48 bits per heavy atom. The van der Waals surface area contributed by atoms with E-state index in [2.05, 4.69) is 0 Å². The lowest BCUT2D eigenvalue weighted by atomic mass is 9.43. The Labute approximate surface area is 182 Å². The average Bonchev–Trinajstić information content (AvgIpc) is 3.23. The Morgan fingerprint density at radius 1 is 1.13 bits per heavy atom. The molecule has 0 aromatic heterocycles. The molecule has 2 aliphatic carbocycles. The van der Waals surface area contributed by atoms with Crippen molar-refractivity contribution >= 4 is 23.7 Å². The van der Waals surface area contributed by atoms with Crippen molar-refractivity contribution in [2.45, 2.75) is 65.1 Å². The highest BCUT2D eigenvalue weighted by molar-refractivity contribution is 5.93. The summed E-state index contributed by atoms with van der Waals surface area (Å²) in [5.74, 6) is -2.96. The monoisotopic (exact) mass is 436 g/mol. The summed E-state index contributed by atoms with van der Waals surface area (Å²) in [7, 11) is 1.33. The molecule has 2 heterocycles. The smallest absolute Gasteiger partial charge is 0.309 e. The van der Waals surface area contributed by atoms with Gasteiger partial charge in [-0.1, -0.05) is 13.8 Å². The van der Waals surface area contributed by atoms with Gasteiger partial charge in [0.05, 0.1) is 25.6 Å². The van der Waals surface area contributed by atoms with Gasteiger partial charge in [-0.05, 0) is 36.5 Å². The molecule has 31 heavy (non-hydrogen) atoms. The van der Waals surface area contributed by atoms with Crippen molar-refractivity contribution in [3.8, 4) is 0 Å². The Kier molecular flexibility index (Phi) is 5.65. The summed E-state index contributed by atoms with van der Waals surface area (Å²) in [5.41, 5.74) is -1.38. The predicted molar refractivity (Wildman–Crippen MR) is 107 cm³/mol. The first kappa shape index (κ1) is 22.2.